The number of pyridine rings is 2. The molecule has 0 aliphatic carbocycles. The van der Waals surface area contributed by atoms with Gasteiger partial charge in [-0.1, -0.05) is 0 Å². The van der Waals surface area contributed by atoms with Gasteiger partial charge in [0, 0.05) is 12.4 Å². The molecule has 2 N–H and O–H groups in total. The van der Waals surface area contributed by atoms with Gasteiger partial charge in [-0.2, -0.15) is 0 Å². The van der Waals surface area contributed by atoms with Crippen LogP contribution in [-0.2, 0) is 0 Å². The van der Waals surface area contributed by atoms with Gasteiger partial charge in [-0.05, 0) is 12.1 Å². The van der Waals surface area contributed by atoms with Crippen molar-refractivity contribution < 1.29 is 0 Å². The normalized spacial score (nSPS) is 11.3. The summed E-state index contributed by atoms with van der Waals surface area (Å²) < 4.78 is 0. The van der Waals surface area contributed by atoms with E-state index in [2.05, 4.69) is 29.9 Å². The van der Waals surface area contributed by atoms with Crippen LogP contribution in [0.15, 0.2) is 36.9 Å². The van der Waals surface area contributed by atoms with Crippen LogP contribution in [0.5, 0.6) is 0 Å². The van der Waals surface area contributed by atoms with E-state index in [1.165, 1.54) is 0 Å². The minimum atomic E-state index is 0.703. The second-order valence-electron chi connectivity index (χ2n) is 3.96. The summed E-state index contributed by atoms with van der Waals surface area (Å²) in [6, 6.07) is 3.72. The Morgan fingerprint density at radius 1 is 0.722 bits per heavy atom. The largest absolute Gasteiger partial charge is 0.334 e. The molecule has 0 fully saturated rings. The van der Waals surface area contributed by atoms with Crippen LogP contribution >= 0.6 is 0 Å². The van der Waals surface area contributed by atoms with Crippen LogP contribution in [0.4, 0.5) is 0 Å². The Morgan fingerprint density at radius 2 is 1.22 bits per heavy atom. The molecule has 0 saturated heterocycles. The predicted molar refractivity (Wildman–Crippen MR) is 66.8 cm³/mol. The molecular formula is C12H8N6. The highest BCUT2D eigenvalue weighted by atomic mass is 15.0. The number of nitrogens with zero attached hydrogens (tertiary/aromatic N) is 4. The van der Waals surface area contributed by atoms with Crippen molar-refractivity contribution in [1.29, 1.82) is 0 Å². The van der Waals surface area contributed by atoms with E-state index in [4.69, 9.17) is 0 Å². The lowest BCUT2D eigenvalue weighted by Gasteiger charge is -1.86. The number of rotatable bonds is 1. The number of hydrogen-bond donors (Lipinski definition) is 2. The Hall–Kier alpha value is -2.76. The molecule has 0 amide bonds. The maximum Gasteiger partial charge on any atom is 0.174 e. The molecule has 6 heteroatoms. The number of H-pyrrole nitrogens is 2. The van der Waals surface area contributed by atoms with E-state index in [-0.39, 0.29) is 0 Å². The summed E-state index contributed by atoms with van der Waals surface area (Å²) in [4.78, 5) is 23.4. The molecule has 0 aromatic carbocycles. The fourth-order valence-electron chi connectivity index (χ4n) is 1.94. The van der Waals surface area contributed by atoms with E-state index >= 15 is 0 Å². The highest BCUT2D eigenvalue weighted by molar-refractivity contribution is 5.80. The van der Waals surface area contributed by atoms with Crippen LogP contribution in [0, 0.1) is 0 Å². The average Bonchev–Trinajstić information content (AvgIpc) is 3.02. The van der Waals surface area contributed by atoms with Crippen molar-refractivity contribution >= 4 is 22.1 Å². The quantitative estimate of drug-likeness (QED) is 0.528. The molecule has 0 saturated carbocycles. The monoisotopic (exact) mass is 236 g/mol. The van der Waals surface area contributed by atoms with Gasteiger partial charge in [-0.3, -0.25) is 9.97 Å². The molecule has 0 spiro atoms. The van der Waals surface area contributed by atoms with Crippen LogP contribution < -0.4 is 0 Å². The molecule has 0 unspecified atom stereocenters. The Bertz CT molecular complexity index is 706. The Labute approximate surface area is 101 Å². The number of fused-ring (bicyclic) bond motifs is 2. The zero-order valence-corrected chi connectivity index (χ0v) is 9.25. The minimum Gasteiger partial charge on any atom is -0.334 e. The van der Waals surface area contributed by atoms with Gasteiger partial charge >= 0.3 is 0 Å². The molecule has 18 heavy (non-hydrogen) atoms. The molecular weight excluding hydrogens is 228 g/mol. The standard InChI is InChI=1S/C12H8N6/c1-3-13-5-9-7(1)15-11(17-9)12-16-8-2-4-14-6-10(8)18-12/h1-6H,(H,15,17)(H,16,18). The molecule has 0 aliphatic rings. The fourth-order valence-corrected chi connectivity index (χ4v) is 1.94. The lowest BCUT2D eigenvalue weighted by atomic mass is 10.4. The van der Waals surface area contributed by atoms with E-state index in [0.29, 0.717) is 11.6 Å². The van der Waals surface area contributed by atoms with Crippen molar-refractivity contribution in [3.63, 3.8) is 0 Å². The number of nitrogens with one attached hydrogen (secondary N) is 2. The first kappa shape index (κ1) is 9.29. The van der Waals surface area contributed by atoms with Crippen molar-refractivity contribution in [2.75, 3.05) is 0 Å². The number of aromatic amines is 2. The number of aromatic nitrogens is 6. The molecule has 0 aliphatic heterocycles. The zero-order valence-electron chi connectivity index (χ0n) is 9.25. The van der Waals surface area contributed by atoms with Gasteiger partial charge in [0.1, 0.15) is 0 Å². The van der Waals surface area contributed by atoms with Crippen LogP contribution in [0.1, 0.15) is 0 Å². The molecule has 86 valence electrons. The average molecular weight is 236 g/mol. The van der Waals surface area contributed by atoms with Crippen LogP contribution in [0.2, 0.25) is 0 Å². The third-order valence-electron chi connectivity index (χ3n) is 2.79. The van der Waals surface area contributed by atoms with E-state index < -0.39 is 0 Å². The van der Waals surface area contributed by atoms with Gasteiger partial charge in [-0.15, -0.1) is 0 Å². The Morgan fingerprint density at radius 3 is 1.67 bits per heavy atom. The van der Waals surface area contributed by atoms with Crippen molar-refractivity contribution in [3.8, 4) is 11.6 Å². The van der Waals surface area contributed by atoms with Gasteiger partial charge in [0.25, 0.3) is 0 Å². The first-order valence-electron chi connectivity index (χ1n) is 5.50. The molecule has 6 nitrogen and oxygen atoms in total. The Kier molecular flexibility index (Phi) is 1.74. The maximum atomic E-state index is 4.47. The highest BCUT2D eigenvalue weighted by Crippen LogP contribution is 2.19. The van der Waals surface area contributed by atoms with Crippen molar-refractivity contribution in [3.05, 3.63) is 36.9 Å². The van der Waals surface area contributed by atoms with Crippen molar-refractivity contribution in [2.45, 2.75) is 0 Å². The minimum absolute atomic E-state index is 0.703. The van der Waals surface area contributed by atoms with Gasteiger partial charge < -0.3 is 9.97 Å². The summed E-state index contributed by atoms with van der Waals surface area (Å²) in [6.45, 7) is 0. The first-order valence-corrected chi connectivity index (χ1v) is 5.50. The van der Waals surface area contributed by atoms with E-state index in [0.717, 1.165) is 22.1 Å². The second-order valence-corrected chi connectivity index (χ2v) is 3.96. The Balaban J connectivity index is 1.95. The van der Waals surface area contributed by atoms with Gasteiger partial charge in [0.2, 0.25) is 0 Å². The molecule has 4 heterocycles. The van der Waals surface area contributed by atoms with Crippen LogP contribution in [0.3, 0.4) is 0 Å². The number of imidazole rings is 2. The van der Waals surface area contributed by atoms with E-state index in [1.807, 2.05) is 12.1 Å². The van der Waals surface area contributed by atoms with Crippen molar-refractivity contribution in [2.24, 2.45) is 0 Å². The van der Waals surface area contributed by atoms with Crippen LogP contribution in [0.25, 0.3) is 33.7 Å². The first-order chi connectivity index (χ1) is 8.90. The van der Waals surface area contributed by atoms with E-state index in [1.54, 1.807) is 24.8 Å². The molecule has 0 radical (unpaired) electrons. The summed E-state index contributed by atoms with van der Waals surface area (Å²) in [5.41, 5.74) is 3.54. The summed E-state index contributed by atoms with van der Waals surface area (Å²) >= 11 is 0. The SMILES string of the molecule is c1cc2nc(-c3nc4ccncc4[nH]3)[nH]c2cn1. The number of hydrogen-bond acceptors (Lipinski definition) is 4. The zero-order chi connectivity index (χ0) is 11.9. The third-order valence-corrected chi connectivity index (χ3v) is 2.79. The lowest BCUT2D eigenvalue weighted by molar-refractivity contribution is 1.22. The molecule has 4 aromatic rings. The summed E-state index contributed by atoms with van der Waals surface area (Å²) in [7, 11) is 0. The molecule has 4 aromatic heterocycles. The van der Waals surface area contributed by atoms with Gasteiger partial charge in [0.15, 0.2) is 11.6 Å². The van der Waals surface area contributed by atoms with Crippen LogP contribution in [-0.4, -0.2) is 29.9 Å². The van der Waals surface area contributed by atoms with Crippen molar-refractivity contribution in [1.82, 2.24) is 29.9 Å². The summed E-state index contributed by atoms with van der Waals surface area (Å²) in [6.07, 6.45) is 6.93. The second kappa shape index (κ2) is 3.36. The lowest BCUT2D eigenvalue weighted by Crippen LogP contribution is -1.81. The smallest absolute Gasteiger partial charge is 0.174 e. The predicted octanol–water partition coefficient (Wildman–Crippen LogP) is 1.90. The van der Waals surface area contributed by atoms with E-state index in [9.17, 15) is 0 Å². The molecule has 4 rings (SSSR count). The fraction of sp³-hybridized carbons (Fsp3) is 0. The van der Waals surface area contributed by atoms with Gasteiger partial charge in [-0.25, -0.2) is 9.97 Å². The third kappa shape index (κ3) is 1.29. The topological polar surface area (TPSA) is 83.1 Å². The molecule has 0 atom stereocenters. The maximum absolute atomic E-state index is 4.47. The van der Waals surface area contributed by atoms with Gasteiger partial charge in [0.05, 0.1) is 34.5 Å². The summed E-state index contributed by atoms with van der Waals surface area (Å²) in [5, 5.41) is 0. The molecule has 0 bridgehead atoms. The summed E-state index contributed by atoms with van der Waals surface area (Å²) in [5.74, 6) is 1.41. The highest BCUT2D eigenvalue weighted by Gasteiger charge is 2.09.